The number of nitrogens with zero attached hydrogens (tertiary/aromatic N) is 2. The van der Waals surface area contributed by atoms with Crippen LogP contribution in [0.5, 0.6) is 0 Å². The van der Waals surface area contributed by atoms with E-state index >= 15 is 0 Å². The summed E-state index contributed by atoms with van der Waals surface area (Å²) in [5, 5.41) is 15.7. The minimum Gasteiger partial charge on any atom is -0.481 e. The Balaban J connectivity index is 2.19. The first-order valence-corrected chi connectivity index (χ1v) is 4.76. The SMILES string of the molecule is O=C(O)CCSc1nncs1. The molecular weight excluding hydrogens is 184 g/mol. The fraction of sp³-hybridized carbons (Fsp3) is 0.400. The summed E-state index contributed by atoms with van der Waals surface area (Å²) in [6.07, 6.45) is 0.171. The third-order valence-corrected chi connectivity index (χ3v) is 2.74. The third-order valence-electron chi connectivity index (χ3n) is 0.882. The second-order valence-electron chi connectivity index (χ2n) is 1.70. The number of aliphatic carboxylic acids is 1. The number of carboxylic acids is 1. The molecule has 4 nitrogen and oxygen atoms in total. The molecule has 0 aliphatic heterocycles. The van der Waals surface area contributed by atoms with E-state index < -0.39 is 5.97 Å². The van der Waals surface area contributed by atoms with Crippen LogP contribution in [0.4, 0.5) is 0 Å². The fourth-order valence-electron chi connectivity index (χ4n) is 0.451. The molecule has 6 heteroatoms. The molecule has 0 amide bonds. The summed E-state index contributed by atoms with van der Waals surface area (Å²) in [4.78, 5) is 10.1. The van der Waals surface area contributed by atoms with Crippen molar-refractivity contribution in [3.63, 3.8) is 0 Å². The lowest BCUT2D eigenvalue weighted by molar-refractivity contribution is -0.136. The van der Waals surface area contributed by atoms with E-state index in [0.29, 0.717) is 5.75 Å². The molecule has 0 aliphatic carbocycles. The van der Waals surface area contributed by atoms with Crippen molar-refractivity contribution >= 4 is 29.1 Å². The van der Waals surface area contributed by atoms with Crippen LogP contribution < -0.4 is 0 Å². The highest BCUT2D eigenvalue weighted by molar-refractivity contribution is 8.01. The molecule has 0 saturated carbocycles. The summed E-state index contributed by atoms with van der Waals surface area (Å²) in [5.74, 6) is -0.216. The van der Waals surface area contributed by atoms with Crippen molar-refractivity contribution in [3.05, 3.63) is 5.51 Å². The minimum absolute atomic E-state index is 0.171. The Labute approximate surface area is 71.7 Å². The highest BCUT2D eigenvalue weighted by Gasteiger charge is 2.00. The van der Waals surface area contributed by atoms with Gasteiger partial charge in [-0.1, -0.05) is 23.1 Å². The largest absolute Gasteiger partial charge is 0.481 e. The van der Waals surface area contributed by atoms with Gasteiger partial charge in [-0.05, 0) is 0 Å². The van der Waals surface area contributed by atoms with Gasteiger partial charge in [0.15, 0.2) is 4.34 Å². The Morgan fingerprint density at radius 3 is 3.18 bits per heavy atom. The standard InChI is InChI=1S/C5H6N2O2S2/c8-4(9)1-2-10-5-7-6-3-11-5/h3H,1-2H2,(H,8,9). The average Bonchev–Trinajstić information content (AvgIpc) is 2.39. The number of rotatable bonds is 4. The zero-order valence-corrected chi connectivity index (χ0v) is 7.19. The Morgan fingerprint density at radius 2 is 2.64 bits per heavy atom. The summed E-state index contributed by atoms with van der Waals surface area (Å²) < 4.78 is 0.825. The van der Waals surface area contributed by atoms with Gasteiger partial charge in [-0.15, -0.1) is 10.2 Å². The van der Waals surface area contributed by atoms with Crippen molar-refractivity contribution in [3.8, 4) is 0 Å². The van der Waals surface area contributed by atoms with Crippen LogP contribution in [0, 0.1) is 0 Å². The van der Waals surface area contributed by atoms with Gasteiger partial charge in [-0.3, -0.25) is 4.79 Å². The maximum atomic E-state index is 10.1. The number of thioether (sulfide) groups is 1. The number of carboxylic acid groups (broad SMARTS) is 1. The van der Waals surface area contributed by atoms with E-state index in [1.54, 1.807) is 5.51 Å². The van der Waals surface area contributed by atoms with Gasteiger partial charge in [0.2, 0.25) is 0 Å². The summed E-state index contributed by atoms with van der Waals surface area (Å²) in [6.45, 7) is 0. The number of carbonyl (C=O) groups is 1. The van der Waals surface area contributed by atoms with Crippen molar-refractivity contribution in [1.29, 1.82) is 0 Å². The fourth-order valence-corrected chi connectivity index (χ4v) is 1.94. The molecule has 0 aromatic carbocycles. The van der Waals surface area contributed by atoms with E-state index in [9.17, 15) is 4.79 Å². The molecular formula is C5H6N2O2S2. The van der Waals surface area contributed by atoms with Crippen molar-refractivity contribution < 1.29 is 9.90 Å². The maximum Gasteiger partial charge on any atom is 0.304 e. The molecule has 0 fully saturated rings. The van der Waals surface area contributed by atoms with Crippen molar-refractivity contribution in [2.75, 3.05) is 5.75 Å². The van der Waals surface area contributed by atoms with E-state index in [0.717, 1.165) is 4.34 Å². The molecule has 0 spiro atoms. The number of hydrogen-bond acceptors (Lipinski definition) is 5. The molecule has 0 bridgehead atoms. The average molecular weight is 190 g/mol. The third kappa shape index (κ3) is 3.33. The van der Waals surface area contributed by atoms with E-state index in [4.69, 9.17) is 5.11 Å². The summed E-state index contributed by atoms with van der Waals surface area (Å²) in [6, 6.07) is 0. The normalized spacial score (nSPS) is 9.82. The first-order chi connectivity index (χ1) is 5.29. The van der Waals surface area contributed by atoms with E-state index in [-0.39, 0.29) is 6.42 Å². The van der Waals surface area contributed by atoms with Crippen LogP contribution in [-0.2, 0) is 4.79 Å². The Morgan fingerprint density at radius 1 is 1.82 bits per heavy atom. The van der Waals surface area contributed by atoms with Crippen LogP contribution in [-0.4, -0.2) is 27.0 Å². The topological polar surface area (TPSA) is 63.1 Å². The number of hydrogen-bond donors (Lipinski definition) is 1. The van der Waals surface area contributed by atoms with Crippen molar-refractivity contribution in [1.82, 2.24) is 10.2 Å². The van der Waals surface area contributed by atoms with Gasteiger partial charge in [0.25, 0.3) is 0 Å². The van der Waals surface area contributed by atoms with E-state index in [1.165, 1.54) is 23.1 Å². The maximum absolute atomic E-state index is 10.1. The molecule has 60 valence electrons. The lowest BCUT2D eigenvalue weighted by atomic mass is 10.5. The highest BCUT2D eigenvalue weighted by Crippen LogP contribution is 2.19. The molecule has 0 radical (unpaired) electrons. The molecule has 1 aromatic rings. The summed E-state index contributed by atoms with van der Waals surface area (Å²) in [7, 11) is 0. The molecule has 1 rings (SSSR count). The lowest BCUT2D eigenvalue weighted by Gasteiger charge is -1.90. The second-order valence-corrected chi connectivity index (χ2v) is 3.87. The van der Waals surface area contributed by atoms with Crippen LogP contribution in [0.1, 0.15) is 6.42 Å². The molecule has 1 heterocycles. The quantitative estimate of drug-likeness (QED) is 0.720. The molecule has 0 aliphatic rings. The molecule has 1 N–H and O–H groups in total. The first kappa shape index (κ1) is 8.48. The van der Waals surface area contributed by atoms with Crippen LogP contribution in [0.25, 0.3) is 0 Å². The molecule has 11 heavy (non-hydrogen) atoms. The summed E-state index contributed by atoms with van der Waals surface area (Å²) in [5.41, 5.74) is 1.63. The van der Waals surface area contributed by atoms with E-state index in [1.807, 2.05) is 0 Å². The Hall–Kier alpha value is -0.620. The van der Waals surface area contributed by atoms with Gasteiger partial charge in [-0.2, -0.15) is 0 Å². The molecule has 0 atom stereocenters. The highest BCUT2D eigenvalue weighted by atomic mass is 32.2. The van der Waals surface area contributed by atoms with Crippen molar-refractivity contribution in [2.24, 2.45) is 0 Å². The smallest absolute Gasteiger partial charge is 0.304 e. The Kier molecular flexibility index (Phi) is 3.31. The van der Waals surface area contributed by atoms with Crippen LogP contribution in [0.3, 0.4) is 0 Å². The second kappa shape index (κ2) is 4.30. The summed E-state index contributed by atoms with van der Waals surface area (Å²) >= 11 is 2.84. The lowest BCUT2D eigenvalue weighted by Crippen LogP contribution is -1.95. The van der Waals surface area contributed by atoms with Crippen LogP contribution in [0.15, 0.2) is 9.85 Å². The predicted octanol–water partition coefficient (Wildman–Crippen LogP) is 1.10. The van der Waals surface area contributed by atoms with Gasteiger partial charge >= 0.3 is 5.97 Å². The molecule has 1 aromatic heterocycles. The monoisotopic (exact) mass is 190 g/mol. The van der Waals surface area contributed by atoms with Gasteiger partial charge in [-0.25, -0.2) is 0 Å². The van der Waals surface area contributed by atoms with Crippen molar-refractivity contribution in [2.45, 2.75) is 10.8 Å². The number of aromatic nitrogens is 2. The molecule has 0 saturated heterocycles. The first-order valence-electron chi connectivity index (χ1n) is 2.90. The van der Waals surface area contributed by atoms with Gasteiger partial charge < -0.3 is 5.11 Å². The minimum atomic E-state index is -0.776. The van der Waals surface area contributed by atoms with Gasteiger partial charge in [0, 0.05) is 5.75 Å². The zero-order chi connectivity index (χ0) is 8.10. The van der Waals surface area contributed by atoms with Gasteiger partial charge in [0.05, 0.1) is 6.42 Å². The molecule has 0 unspecified atom stereocenters. The van der Waals surface area contributed by atoms with Crippen LogP contribution in [0.2, 0.25) is 0 Å². The Bertz CT molecular complexity index is 224. The predicted molar refractivity (Wildman–Crippen MR) is 42.9 cm³/mol. The van der Waals surface area contributed by atoms with Gasteiger partial charge in [0.1, 0.15) is 5.51 Å². The zero-order valence-electron chi connectivity index (χ0n) is 5.56. The van der Waals surface area contributed by atoms with Crippen LogP contribution >= 0.6 is 23.1 Å². The van der Waals surface area contributed by atoms with E-state index in [2.05, 4.69) is 10.2 Å².